The summed E-state index contributed by atoms with van der Waals surface area (Å²) in [6, 6.07) is 11.6. The second-order valence-corrected chi connectivity index (χ2v) is 7.85. The van der Waals surface area contributed by atoms with E-state index in [-0.39, 0.29) is 10.6 Å². The Balaban J connectivity index is 1.37. The SMILES string of the molecule is COc1ccc(-n2nnc3c(N4CCN(C(=O)c5c(F)cccc5Cl)CC4)ncnc32)cc1. The summed E-state index contributed by atoms with van der Waals surface area (Å²) in [4.78, 5) is 25.2. The molecule has 0 atom stereocenters. The molecule has 0 N–H and O–H groups in total. The maximum atomic E-state index is 14.2. The third kappa shape index (κ3) is 3.82. The molecular weight excluding hydrogens is 449 g/mol. The standard InChI is InChI=1S/C22H19ClFN7O2/c1-33-15-7-5-14(6-8-15)31-21-19(27-28-31)20(25-13-26-21)29-9-11-30(12-10-29)22(32)18-16(23)3-2-4-17(18)24/h2-8,13H,9-12H2,1H3. The number of anilines is 1. The van der Waals surface area contributed by atoms with Crippen LogP contribution in [0.5, 0.6) is 5.75 Å². The van der Waals surface area contributed by atoms with Crippen LogP contribution in [0.2, 0.25) is 5.02 Å². The van der Waals surface area contributed by atoms with Gasteiger partial charge in [-0.3, -0.25) is 4.79 Å². The van der Waals surface area contributed by atoms with E-state index in [0.717, 1.165) is 11.4 Å². The van der Waals surface area contributed by atoms with Gasteiger partial charge in [-0.05, 0) is 36.4 Å². The molecule has 1 fully saturated rings. The van der Waals surface area contributed by atoms with Crippen LogP contribution >= 0.6 is 11.6 Å². The Hall–Kier alpha value is -3.79. The first-order valence-electron chi connectivity index (χ1n) is 10.3. The monoisotopic (exact) mass is 467 g/mol. The van der Waals surface area contributed by atoms with Gasteiger partial charge in [0.25, 0.3) is 5.91 Å². The van der Waals surface area contributed by atoms with Crippen molar-refractivity contribution in [1.29, 1.82) is 0 Å². The normalized spacial score (nSPS) is 14.0. The Kier molecular flexibility index (Phi) is 5.51. The Morgan fingerprint density at radius 3 is 2.52 bits per heavy atom. The summed E-state index contributed by atoms with van der Waals surface area (Å²) >= 11 is 6.06. The largest absolute Gasteiger partial charge is 0.497 e. The van der Waals surface area contributed by atoms with Gasteiger partial charge in [-0.15, -0.1) is 5.10 Å². The van der Waals surface area contributed by atoms with Crippen molar-refractivity contribution in [3.63, 3.8) is 0 Å². The Labute approximate surface area is 193 Å². The molecule has 1 aliphatic heterocycles. The van der Waals surface area contributed by atoms with Crippen LogP contribution in [0.25, 0.3) is 16.9 Å². The molecular formula is C22H19ClFN7O2. The molecule has 2 aromatic carbocycles. The zero-order valence-electron chi connectivity index (χ0n) is 17.7. The van der Waals surface area contributed by atoms with E-state index in [1.807, 2.05) is 29.2 Å². The highest BCUT2D eigenvalue weighted by molar-refractivity contribution is 6.33. The molecule has 5 rings (SSSR count). The van der Waals surface area contributed by atoms with E-state index in [0.29, 0.717) is 43.2 Å². The summed E-state index contributed by atoms with van der Waals surface area (Å²) in [5, 5.41) is 8.67. The maximum absolute atomic E-state index is 14.2. The fourth-order valence-corrected chi connectivity index (χ4v) is 4.09. The third-order valence-electron chi connectivity index (χ3n) is 5.58. The minimum absolute atomic E-state index is 0.0977. The Bertz CT molecular complexity index is 1300. The number of fused-ring (bicyclic) bond motifs is 1. The van der Waals surface area contributed by atoms with Gasteiger partial charge in [-0.25, -0.2) is 14.4 Å². The average Bonchev–Trinajstić information content (AvgIpc) is 3.28. The number of carbonyl (C=O) groups is 1. The van der Waals surface area contributed by atoms with Gasteiger partial charge in [0.1, 0.15) is 17.9 Å². The van der Waals surface area contributed by atoms with Crippen molar-refractivity contribution in [2.24, 2.45) is 0 Å². The van der Waals surface area contributed by atoms with Crippen molar-refractivity contribution >= 4 is 34.5 Å². The predicted molar refractivity (Wildman–Crippen MR) is 121 cm³/mol. The second kappa shape index (κ2) is 8.62. The van der Waals surface area contributed by atoms with Crippen molar-refractivity contribution in [1.82, 2.24) is 29.9 Å². The lowest BCUT2D eigenvalue weighted by Crippen LogP contribution is -2.49. The number of piperazine rings is 1. The number of aromatic nitrogens is 5. The number of benzene rings is 2. The molecule has 1 amide bonds. The summed E-state index contributed by atoms with van der Waals surface area (Å²) in [5.74, 6) is 0.331. The molecule has 11 heteroatoms. The predicted octanol–water partition coefficient (Wildman–Crippen LogP) is 2.97. The molecule has 0 aliphatic carbocycles. The number of hydrogen-bond acceptors (Lipinski definition) is 7. The maximum Gasteiger partial charge on any atom is 0.258 e. The van der Waals surface area contributed by atoms with Crippen molar-refractivity contribution < 1.29 is 13.9 Å². The van der Waals surface area contributed by atoms with Crippen molar-refractivity contribution in [2.75, 3.05) is 38.2 Å². The van der Waals surface area contributed by atoms with Gasteiger partial charge in [0.2, 0.25) is 0 Å². The minimum atomic E-state index is -0.623. The first kappa shape index (κ1) is 21.1. The van der Waals surface area contributed by atoms with E-state index in [1.165, 1.54) is 24.5 Å². The summed E-state index contributed by atoms with van der Waals surface area (Å²) < 4.78 is 21.0. The third-order valence-corrected chi connectivity index (χ3v) is 5.89. The van der Waals surface area contributed by atoms with Crippen LogP contribution < -0.4 is 9.64 Å². The highest BCUT2D eigenvalue weighted by atomic mass is 35.5. The van der Waals surface area contributed by atoms with Crippen molar-refractivity contribution in [2.45, 2.75) is 0 Å². The first-order chi connectivity index (χ1) is 16.1. The van der Waals surface area contributed by atoms with Gasteiger partial charge in [0.05, 0.1) is 23.4 Å². The summed E-state index contributed by atoms with van der Waals surface area (Å²) in [7, 11) is 1.61. The van der Waals surface area contributed by atoms with Gasteiger partial charge >= 0.3 is 0 Å². The van der Waals surface area contributed by atoms with E-state index < -0.39 is 11.7 Å². The van der Waals surface area contributed by atoms with E-state index in [9.17, 15) is 9.18 Å². The molecule has 4 aromatic rings. The average molecular weight is 468 g/mol. The Morgan fingerprint density at radius 1 is 1.06 bits per heavy atom. The van der Waals surface area contributed by atoms with E-state index >= 15 is 0 Å². The second-order valence-electron chi connectivity index (χ2n) is 7.44. The number of ether oxygens (including phenoxy) is 1. The van der Waals surface area contributed by atoms with E-state index in [1.54, 1.807) is 16.7 Å². The van der Waals surface area contributed by atoms with Crippen molar-refractivity contribution in [3.8, 4) is 11.4 Å². The van der Waals surface area contributed by atoms with Gasteiger partial charge < -0.3 is 14.5 Å². The highest BCUT2D eigenvalue weighted by Crippen LogP contribution is 2.26. The molecule has 33 heavy (non-hydrogen) atoms. The lowest BCUT2D eigenvalue weighted by Gasteiger charge is -2.35. The van der Waals surface area contributed by atoms with Crippen LogP contribution in [-0.2, 0) is 0 Å². The molecule has 3 heterocycles. The molecule has 0 unspecified atom stereocenters. The molecule has 9 nitrogen and oxygen atoms in total. The van der Waals surface area contributed by atoms with Crippen LogP contribution in [0.15, 0.2) is 48.8 Å². The lowest BCUT2D eigenvalue weighted by atomic mass is 10.1. The zero-order chi connectivity index (χ0) is 22.9. The first-order valence-corrected chi connectivity index (χ1v) is 10.6. The number of nitrogens with zero attached hydrogens (tertiary/aromatic N) is 7. The zero-order valence-corrected chi connectivity index (χ0v) is 18.4. The summed E-state index contributed by atoms with van der Waals surface area (Å²) in [5.41, 5.74) is 1.83. The minimum Gasteiger partial charge on any atom is -0.497 e. The molecule has 1 aliphatic rings. The van der Waals surface area contributed by atoms with E-state index in [2.05, 4.69) is 20.3 Å². The number of halogens is 2. The number of hydrogen-bond donors (Lipinski definition) is 0. The fourth-order valence-electron chi connectivity index (χ4n) is 3.85. The molecule has 168 valence electrons. The fraction of sp³-hybridized carbons (Fsp3) is 0.227. The van der Waals surface area contributed by atoms with Crippen LogP contribution in [-0.4, -0.2) is 69.1 Å². The van der Waals surface area contributed by atoms with Crippen LogP contribution in [0.4, 0.5) is 10.2 Å². The number of amides is 1. The number of rotatable bonds is 4. The molecule has 0 saturated carbocycles. The lowest BCUT2D eigenvalue weighted by molar-refractivity contribution is 0.0742. The van der Waals surface area contributed by atoms with Crippen LogP contribution in [0.1, 0.15) is 10.4 Å². The molecule has 2 aromatic heterocycles. The van der Waals surface area contributed by atoms with Crippen molar-refractivity contribution in [3.05, 3.63) is 65.2 Å². The molecule has 0 bridgehead atoms. The van der Waals surface area contributed by atoms with Gasteiger partial charge in [0.15, 0.2) is 17.0 Å². The Morgan fingerprint density at radius 2 is 1.82 bits per heavy atom. The smallest absolute Gasteiger partial charge is 0.258 e. The van der Waals surface area contributed by atoms with Gasteiger partial charge in [-0.2, -0.15) is 4.68 Å². The van der Waals surface area contributed by atoms with Gasteiger partial charge in [-0.1, -0.05) is 22.9 Å². The van der Waals surface area contributed by atoms with Crippen LogP contribution in [0.3, 0.4) is 0 Å². The molecule has 1 saturated heterocycles. The number of carbonyl (C=O) groups excluding carboxylic acids is 1. The van der Waals surface area contributed by atoms with E-state index in [4.69, 9.17) is 16.3 Å². The molecule has 0 radical (unpaired) electrons. The van der Waals surface area contributed by atoms with Crippen LogP contribution in [0, 0.1) is 5.82 Å². The molecule has 0 spiro atoms. The quantitative estimate of drug-likeness (QED) is 0.456. The summed E-state index contributed by atoms with van der Waals surface area (Å²) in [6.45, 7) is 1.78. The van der Waals surface area contributed by atoms with Gasteiger partial charge in [0, 0.05) is 26.2 Å². The topological polar surface area (TPSA) is 89.3 Å². The summed E-state index contributed by atoms with van der Waals surface area (Å²) in [6.07, 6.45) is 1.47. The number of methoxy groups -OCH3 is 1. The highest BCUT2D eigenvalue weighted by Gasteiger charge is 2.28.